The van der Waals surface area contributed by atoms with Crippen LogP contribution in [0.15, 0.2) is 24.3 Å². The summed E-state index contributed by atoms with van der Waals surface area (Å²) in [4.78, 5) is 0. The maximum absolute atomic E-state index is 2.12. The highest BCUT2D eigenvalue weighted by atomic mass is 13.8. The first kappa shape index (κ1) is 11.3. The van der Waals surface area contributed by atoms with Gasteiger partial charge in [0, 0.05) is 0 Å². The summed E-state index contributed by atoms with van der Waals surface area (Å²) in [5.41, 5.74) is 0. The molecule has 54 valence electrons. The van der Waals surface area contributed by atoms with E-state index in [4.69, 9.17) is 0 Å². The van der Waals surface area contributed by atoms with E-state index in [1.165, 1.54) is 0 Å². The quantitative estimate of drug-likeness (QED) is 0.465. The highest BCUT2D eigenvalue weighted by molar-refractivity contribution is 5.11. The van der Waals surface area contributed by atoms with Gasteiger partial charge in [-0.1, -0.05) is 52.0 Å². The van der Waals surface area contributed by atoms with Gasteiger partial charge in [0.05, 0.1) is 0 Å². The monoisotopic (exact) mass is 126 g/mol. The second-order valence-electron chi connectivity index (χ2n) is 1.09. The SMILES string of the molecule is C1=CCC=C1.CC.CC. The maximum atomic E-state index is 2.12. The van der Waals surface area contributed by atoms with E-state index in [1.807, 2.05) is 27.7 Å². The van der Waals surface area contributed by atoms with Gasteiger partial charge in [-0.2, -0.15) is 0 Å². The first-order valence-corrected chi connectivity index (χ1v) is 3.82. The minimum Gasteiger partial charge on any atom is -0.0808 e. The fourth-order valence-corrected chi connectivity index (χ4v) is 0.393. The van der Waals surface area contributed by atoms with E-state index in [2.05, 4.69) is 24.3 Å². The van der Waals surface area contributed by atoms with Crippen molar-refractivity contribution in [1.82, 2.24) is 0 Å². The molecule has 0 N–H and O–H groups in total. The molecule has 0 amide bonds. The Hall–Kier alpha value is -0.520. The summed E-state index contributed by atoms with van der Waals surface area (Å²) in [6.07, 6.45) is 9.50. The zero-order valence-corrected chi connectivity index (χ0v) is 7.02. The summed E-state index contributed by atoms with van der Waals surface area (Å²) in [5, 5.41) is 0. The van der Waals surface area contributed by atoms with Gasteiger partial charge >= 0.3 is 0 Å². The molecule has 9 heavy (non-hydrogen) atoms. The minimum absolute atomic E-state index is 1.14. The molecule has 0 radical (unpaired) electrons. The zero-order chi connectivity index (χ0) is 7.54. The molecule has 0 saturated heterocycles. The van der Waals surface area contributed by atoms with Crippen molar-refractivity contribution in [3.63, 3.8) is 0 Å². The van der Waals surface area contributed by atoms with Crippen molar-refractivity contribution >= 4 is 0 Å². The normalized spacial score (nSPS) is 11.1. The van der Waals surface area contributed by atoms with E-state index in [1.54, 1.807) is 0 Å². The van der Waals surface area contributed by atoms with Crippen molar-refractivity contribution in [2.24, 2.45) is 0 Å². The third-order valence-electron chi connectivity index (χ3n) is 0.655. The minimum atomic E-state index is 1.14. The molecule has 0 nitrogen and oxygen atoms in total. The van der Waals surface area contributed by atoms with E-state index >= 15 is 0 Å². The molecule has 0 saturated carbocycles. The van der Waals surface area contributed by atoms with E-state index in [-0.39, 0.29) is 0 Å². The van der Waals surface area contributed by atoms with Crippen LogP contribution in [0.5, 0.6) is 0 Å². The summed E-state index contributed by atoms with van der Waals surface area (Å²) in [7, 11) is 0. The lowest BCUT2D eigenvalue weighted by atomic mass is 10.5. The number of hydrogen-bond acceptors (Lipinski definition) is 0. The molecule has 1 aliphatic rings. The van der Waals surface area contributed by atoms with Gasteiger partial charge in [-0.3, -0.25) is 0 Å². The third-order valence-corrected chi connectivity index (χ3v) is 0.655. The molecule has 0 aromatic heterocycles. The first-order valence-electron chi connectivity index (χ1n) is 3.82. The van der Waals surface area contributed by atoms with Crippen molar-refractivity contribution < 1.29 is 0 Å². The fourth-order valence-electron chi connectivity index (χ4n) is 0.393. The Labute approximate surface area is 59.3 Å². The van der Waals surface area contributed by atoms with Crippen LogP contribution in [0.2, 0.25) is 0 Å². The Balaban J connectivity index is 0. The van der Waals surface area contributed by atoms with Gasteiger partial charge in [-0.25, -0.2) is 0 Å². The van der Waals surface area contributed by atoms with Crippen LogP contribution in [0.25, 0.3) is 0 Å². The topological polar surface area (TPSA) is 0 Å². The van der Waals surface area contributed by atoms with Gasteiger partial charge in [0.2, 0.25) is 0 Å². The standard InChI is InChI=1S/C5H6.2C2H6/c1-2-4-5-3-1;2*1-2/h1-4H,5H2;2*1-2H3. The number of hydrogen-bond donors (Lipinski definition) is 0. The first-order chi connectivity index (χ1) is 4.50. The van der Waals surface area contributed by atoms with Gasteiger partial charge in [-0.15, -0.1) is 0 Å². The molecule has 0 aromatic carbocycles. The van der Waals surface area contributed by atoms with Crippen LogP contribution in [0.1, 0.15) is 34.1 Å². The molecule has 0 unspecified atom stereocenters. The number of allylic oxidation sites excluding steroid dienone is 4. The number of rotatable bonds is 0. The zero-order valence-electron chi connectivity index (χ0n) is 7.02. The Morgan fingerprint density at radius 3 is 1.22 bits per heavy atom. The predicted octanol–water partition coefficient (Wildman–Crippen LogP) is 3.55. The molecular weight excluding hydrogens is 108 g/mol. The Morgan fingerprint density at radius 2 is 1.11 bits per heavy atom. The summed E-state index contributed by atoms with van der Waals surface area (Å²) >= 11 is 0. The van der Waals surface area contributed by atoms with Crippen LogP contribution in [0.4, 0.5) is 0 Å². The third kappa shape index (κ3) is 11.2. The molecule has 1 aliphatic carbocycles. The Kier molecular flexibility index (Phi) is 19.6. The predicted molar refractivity (Wildman–Crippen MR) is 45.6 cm³/mol. The van der Waals surface area contributed by atoms with E-state index in [0.717, 1.165) is 6.42 Å². The highest BCUT2D eigenvalue weighted by Crippen LogP contribution is 1.93. The molecular formula is C9H18. The van der Waals surface area contributed by atoms with Crippen LogP contribution >= 0.6 is 0 Å². The van der Waals surface area contributed by atoms with E-state index < -0.39 is 0 Å². The summed E-state index contributed by atoms with van der Waals surface area (Å²) in [6.45, 7) is 8.00. The van der Waals surface area contributed by atoms with Gasteiger partial charge in [0.1, 0.15) is 0 Å². The smallest absolute Gasteiger partial charge is 0.0163 e. The lowest BCUT2D eigenvalue weighted by molar-refractivity contribution is 1.45. The molecule has 1 rings (SSSR count). The van der Waals surface area contributed by atoms with Crippen molar-refractivity contribution in [2.45, 2.75) is 34.1 Å². The van der Waals surface area contributed by atoms with Crippen LogP contribution in [0.3, 0.4) is 0 Å². The molecule has 0 atom stereocenters. The van der Waals surface area contributed by atoms with Gasteiger partial charge in [0.25, 0.3) is 0 Å². The maximum Gasteiger partial charge on any atom is -0.0163 e. The van der Waals surface area contributed by atoms with Crippen molar-refractivity contribution in [1.29, 1.82) is 0 Å². The van der Waals surface area contributed by atoms with Crippen LogP contribution in [0, 0.1) is 0 Å². The van der Waals surface area contributed by atoms with E-state index in [0.29, 0.717) is 0 Å². The fraction of sp³-hybridized carbons (Fsp3) is 0.556. The second-order valence-corrected chi connectivity index (χ2v) is 1.09. The molecule has 0 aliphatic heterocycles. The lowest BCUT2D eigenvalue weighted by Gasteiger charge is -1.57. The molecule has 0 spiro atoms. The van der Waals surface area contributed by atoms with Crippen molar-refractivity contribution in [3.05, 3.63) is 24.3 Å². The summed E-state index contributed by atoms with van der Waals surface area (Å²) in [6, 6.07) is 0. The molecule has 0 heteroatoms. The Morgan fingerprint density at radius 1 is 0.778 bits per heavy atom. The van der Waals surface area contributed by atoms with Crippen LogP contribution < -0.4 is 0 Å². The van der Waals surface area contributed by atoms with Gasteiger partial charge in [-0.05, 0) is 6.42 Å². The van der Waals surface area contributed by atoms with Crippen LogP contribution in [-0.4, -0.2) is 0 Å². The van der Waals surface area contributed by atoms with Gasteiger partial charge in [0.15, 0.2) is 0 Å². The average molecular weight is 126 g/mol. The van der Waals surface area contributed by atoms with Crippen molar-refractivity contribution in [3.8, 4) is 0 Å². The lowest BCUT2D eigenvalue weighted by Crippen LogP contribution is -1.37. The molecule has 0 heterocycles. The summed E-state index contributed by atoms with van der Waals surface area (Å²) in [5.74, 6) is 0. The molecule has 0 bridgehead atoms. The molecule has 0 fully saturated rings. The van der Waals surface area contributed by atoms with Crippen LogP contribution in [-0.2, 0) is 0 Å². The van der Waals surface area contributed by atoms with Crippen molar-refractivity contribution in [2.75, 3.05) is 0 Å². The average Bonchev–Trinajstić information content (AvgIpc) is 2.51. The second kappa shape index (κ2) is 15.6. The molecule has 0 aromatic rings. The van der Waals surface area contributed by atoms with E-state index in [9.17, 15) is 0 Å². The summed E-state index contributed by atoms with van der Waals surface area (Å²) < 4.78 is 0. The largest absolute Gasteiger partial charge is 0.0808 e. The Bertz CT molecular complexity index is 58.1. The van der Waals surface area contributed by atoms with Gasteiger partial charge < -0.3 is 0 Å². The highest BCUT2D eigenvalue weighted by Gasteiger charge is 1.72.